The molecule has 0 saturated heterocycles. The Kier molecular flexibility index (Phi) is 11.1. The fourth-order valence-corrected chi connectivity index (χ4v) is 4.72. The van der Waals surface area contributed by atoms with Gasteiger partial charge in [-0.05, 0) is 86.4 Å². The monoisotopic (exact) mass is 460 g/mol. The van der Waals surface area contributed by atoms with Crippen LogP contribution in [0.1, 0.15) is 72.1 Å². The van der Waals surface area contributed by atoms with Crippen LogP contribution in [0.3, 0.4) is 0 Å². The summed E-state index contributed by atoms with van der Waals surface area (Å²) in [5.74, 6) is -0.639. The zero-order valence-corrected chi connectivity index (χ0v) is 21.4. The molecule has 0 saturated carbocycles. The maximum absolute atomic E-state index is 13.4. The van der Waals surface area contributed by atoms with Crippen molar-refractivity contribution in [3.05, 3.63) is 22.9 Å². The summed E-state index contributed by atoms with van der Waals surface area (Å²) in [7, 11) is 4.01. The zero-order valence-electron chi connectivity index (χ0n) is 21.4. The minimum atomic E-state index is -0.489. The molecule has 0 aromatic heterocycles. The molecule has 7 heteroatoms. The first-order valence-electron chi connectivity index (χ1n) is 12.7. The Bertz CT molecular complexity index is 753. The number of nitrogens with zero attached hydrogens (tertiary/aromatic N) is 3. The van der Waals surface area contributed by atoms with E-state index in [0.29, 0.717) is 38.2 Å². The van der Waals surface area contributed by atoms with E-state index in [2.05, 4.69) is 16.3 Å². The van der Waals surface area contributed by atoms with Crippen LogP contribution in [0.4, 0.5) is 0 Å². The zero-order chi connectivity index (χ0) is 24.4. The molecular formula is C26H44N4O3. The molecule has 0 aromatic carbocycles. The van der Waals surface area contributed by atoms with Crippen LogP contribution < -0.4 is 5.32 Å². The number of allylic oxidation sites excluding steroid dienone is 2. The van der Waals surface area contributed by atoms with E-state index < -0.39 is 5.92 Å². The summed E-state index contributed by atoms with van der Waals surface area (Å²) < 4.78 is 0. The fourth-order valence-electron chi connectivity index (χ4n) is 4.72. The first-order chi connectivity index (χ1) is 15.8. The summed E-state index contributed by atoms with van der Waals surface area (Å²) in [6.07, 6.45) is 9.11. The second-order valence-electron chi connectivity index (χ2n) is 9.50. The van der Waals surface area contributed by atoms with Crippen LogP contribution >= 0.6 is 0 Å². The van der Waals surface area contributed by atoms with Crippen LogP contribution in [0.15, 0.2) is 22.9 Å². The molecule has 0 fully saturated rings. The lowest BCUT2D eigenvalue weighted by Gasteiger charge is -2.36. The fraction of sp³-hybridized carbons (Fsp3) is 0.731. The van der Waals surface area contributed by atoms with Crippen LogP contribution in [-0.2, 0) is 14.4 Å². The molecule has 33 heavy (non-hydrogen) atoms. The van der Waals surface area contributed by atoms with Crippen molar-refractivity contribution in [2.75, 3.05) is 46.8 Å². The van der Waals surface area contributed by atoms with Crippen LogP contribution in [-0.4, -0.2) is 79.2 Å². The van der Waals surface area contributed by atoms with Gasteiger partial charge in [-0.2, -0.15) is 0 Å². The normalized spacial score (nSPS) is 19.1. The lowest BCUT2D eigenvalue weighted by atomic mass is 9.87. The summed E-state index contributed by atoms with van der Waals surface area (Å²) in [5.41, 5.74) is 2.84. The number of hydrogen-bond donors (Lipinski definition) is 1. The minimum Gasteiger partial charge on any atom is -0.356 e. The van der Waals surface area contributed by atoms with Crippen molar-refractivity contribution in [2.45, 2.75) is 72.1 Å². The highest BCUT2D eigenvalue weighted by molar-refractivity contribution is 5.98. The summed E-state index contributed by atoms with van der Waals surface area (Å²) in [4.78, 5) is 44.9. The SMILES string of the molecule is CCN(CC)C(=O)C1=C(C)N(CCC2=CCCCC2)C(=O)C(CC(=O)NCCCN(C)C)C1. The smallest absolute Gasteiger partial charge is 0.251 e. The molecule has 2 aliphatic rings. The van der Waals surface area contributed by atoms with Gasteiger partial charge in [-0.3, -0.25) is 14.4 Å². The topological polar surface area (TPSA) is 73.0 Å². The molecule has 1 atom stereocenters. The Morgan fingerprint density at radius 2 is 1.91 bits per heavy atom. The molecule has 1 N–H and O–H groups in total. The molecule has 0 radical (unpaired) electrons. The van der Waals surface area contributed by atoms with Crippen LogP contribution in [0.2, 0.25) is 0 Å². The lowest BCUT2D eigenvalue weighted by Crippen LogP contribution is -2.45. The highest BCUT2D eigenvalue weighted by Gasteiger charge is 2.37. The number of hydrogen-bond acceptors (Lipinski definition) is 4. The number of amides is 3. The predicted molar refractivity (Wildman–Crippen MR) is 132 cm³/mol. The summed E-state index contributed by atoms with van der Waals surface area (Å²) in [6.45, 7) is 9.16. The molecule has 1 aliphatic carbocycles. The van der Waals surface area contributed by atoms with Crippen molar-refractivity contribution in [1.82, 2.24) is 20.0 Å². The third-order valence-corrected chi connectivity index (χ3v) is 6.79. The van der Waals surface area contributed by atoms with E-state index in [1.807, 2.05) is 34.9 Å². The lowest BCUT2D eigenvalue weighted by molar-refractivity contribution is -0.138. The molecule has 1 aliphatic heterocycles. The number of carbonyl (C=O) groups excluding carboxylic acids is 3. The van der Waals surface area contributed by atoms with Gasteiger partial charge in [-0.25, -0.2) is 0 Å². The van der Waals surface area contributed by atoms with Gasteiger partial charge in [0.15, 0.2) is 0 Å². The second kappa shape index (κ2) is 13.5. The number of nitrogens with one attached hydrogen (secondary N) is 1. The summed E-state index contributed by atoms with van der Waals surface area (Å²) in [6, 6.07) is 0. The minimum absolute atomic E-state index is 0.0109. The van der Waals surface area contributed by atoms with Crippen molar-refractivity contribution in [2.24, 2.45) is 5.92 Å². The number of likely N-dealkylation sites (N-methyl/N-ethyl adjacent to an activating group) is 1. The Morgan fingerprint density at radius 3 is 2.52 bits per heavy atom. The molecule has 2 rings (SSSR count). The highest BCUT2D eigenvalue weighted by Crippen LogP contribution is 2.32. The molecule has 0 aromatic rings. The van der Waals surface area contributed by atoms with Crippen molar-refractivity contribution in [1.29, 1.82) is 0 Å². The average Bonchev–Trinajstić information content (AvgIpc) is 2.79. The van der Waals surface area contributed by atoms with Crippen molar-refractivity contribution in [3.63, 3.8) is 0 Å². The van der Waals surface area contributed by atoms with Gasteiger partial charge in [0.25, 0.3) is 5.91 Å². The van der Waals surface area contributed by atoms with E-state index in [1.165, 1.54) is 18.4 Å². The molecule has 1 unspecified atom stereocenters. The van der Waals surface area contributed by atoms with Crippen molar-refractivity contribution >= 4 is 17.7 Å². The van der Waals surface area contributed by atoms with Crippen LogP contribution in [0.5, 0.6) is 0 Å². The van der Waals surface area contributed by atoms with Gasteiger partial charge in [-0.15, -0.1) is 0 Å². The van der Waals surface area contributed by atoms with Crippen molar-refractivity contribution < 1.29 is 14.4 Å². The maximum atomic E-state index is 13.4. The first kappa shape index (κ1) is 27.1. The van der Waals surface area contributed by atoms with Crippen molar-refractivity contribution in [3.8, 4) is 0 Å². The Balaban J connectivity index is 2.14. The van der Waals surface area contributed by atoms with Gasteiger partial charge in [-0.1, -0.05) is 11.6 Å². The second-order valence-corrected chi connectivity index (χ2v) is 9.50. The number of rotatable bonds is 12. The van der Waals surface area contributed by atoms with E-state index in [1.54, 1.807) is 9.80 Å². The Morgan fingerprint density at radius 1 is 1.18 bits per heavy atom. The first-order valence-corrected chi connectivity index (χ1v) is 12.7. The highest BCUT2D eigenvalue weighted by atomic mass is 16.2. The third-order valence-electron chi connectivity index (χ3n) is 6.79. The van der Waals surface area contributed by atoms with Gasteiger partial charge >= 0.3 is 0 Å². The van der Waals surface area contributed by atoms with Gasteiger partial charge in [0.1, 0.15) is 0 Å². The van der Waals surface area contributed by atoms with Gasteiger partial charge in [0, 0.05) is 43.9 Å². The Hall–Kier alpha value is -2.15. The molecule has 3 amide bonds. The predicted octanol–water partition coefficient (Wildman–Crippen LogP) is 3.33. The van der Waals surface area contributed by atoms with E-state index in [-0.39, 0.29) is 24.1 Å². The van der Waals surface area contributed by atoms with Crippen LogP contribution in [0.25, 0.3) is 0 Å². The largest absolute Gasteiger partial charge is 0.356 e. The maximum Gasteiger partial charge on any atom is 0.251 e. The molecular weight excluding hydrogens is 416 g/mol. The third kappa shape index (κ3) is 7.98. The molecule has 7 nitrogen and oxygen atoms in total. The van der Waals surface area contributed by atoms with Gasteiger partial charge in [0.05, 0.1) is 5.92 Å². The number of carbonyl (C=O) groups is 3. The molecule has 0 bridgehead atoms. The van der Waals surface area contributed by atoms with Gasteiger partial charge < -0.3 is 20.0 Å². The van der Waals surface area contributed by atoms with E-state index in [4.69, 9.17) is 0 Å². The van der Waals surface area contributed by atoms with E-state index in [0.717, 1.165) is 37.9 Å². The molecule has 1 heterocycles. The summed E-state index contributed by atoms with van der Waals surface area (Å²) in [5, 5.41) is 2.95. The van der Waals surface area contributed by atoms with Crippen LogP contribution in [0, 0.1) is 5.92 Å². The Labute approximate surface area is 200 Å². The van der Waals surface area contributed by atoms with E-state index >= 15 is 0 Å². The van der Waals surface area contributed by atoms with E-state index in [9.17, 15) is 14.4 Å². The molecule has 186 valence electrons. The van der Waals surface area contributed by atoms with Gasteiger partial charge in [0.2, 0.25) is 11.8 Å². The quantitative estimate of drug-likeness (QED) is 0.358. The summed E-state index contributed by atoms with van der Waals surface area (Å²) >= 11 is 0. The molecule has 0 spiro atoms. The average molecular weight is 461 g/mol. The standard InChI is InChI=1S/C26H44N4O3/c1-6-29(7-2)26(33)23-18-22(19-24(31)27-15-11-16-28(4)5)25(32)30(20(23)3)17-14-21-12-9-8-10-13-21/h12,22H,6-11,13-19H2,1-5H3,(H,27,31).